The maximum Gasteiger partial charge on any atom is 0.317 e. The van der Waals surface area contributed by atoms with Crippen LogP contribution in [-0.4, -0.2) is 60.6 Å². The maximum absolute atomic E-state index is 14.2. The van der Waals surface area contributed by atoms with Gasteiger partial charge in [-0.15, -0.1) is 6.58 Å². The molecule has 156 valence electrons. The van der Waals surface area contributed by atoms with Gasteiger partial charge in [0, 0.05) is 31.8 Å². The predicted molar refractivity (Wildman–Crippen MR) is 107 cm³/mol. The molecule has 0 bridgehead atoms. The first kappa shape index (κ1) is 19.9. The lowest BCUT2D eigenvalue weighted by Gasteiger charge is -2.25. The SMILES string of the molecule is C=CCNC(=O)N1CC2Oc3cc(-c4ccc(F)cc4F)ccc3C(=O)N(C)C2C1. The number of amides is 3. The highest BCUT2D eigenvalue weighted by molar-refractivity contribution is 5.98. The largest absolute Gasteiger partial charge is 0.485 e. The number of rotatable bonds is 3. The summed E-state index contributed by atoms with van der Waals surface area (Å²) in [6.07, 6.45) is 1.16. The zero-order valence-corrected chi connectivity index (χ0v) is 16.4. The maximum atomic E-state index is 14.2. The van der Waals surface area contributed by atoms with Crippen molar-refractivity contribution in [3.8, 4) is 16.9 Å². The molecule has 0 radical (unpaired) electrons. The number of urea groups is 1. The molecule has 2 aromatic carbocycles. The Bertz CT molecular complexity index is 1030. The third-order valence-electron chi connectivity index (χ3n) is 5.47. The molecule has 30 heavy (non-hydrogen) atoms. The Morgan fingerprint density at radius 1 is 1.23 bits per heavy atom. The van der Waals surface area contributed by atoms with Crippen molar-refractivity contribution in [1.82, 2.24) is 15.1 Å². The highest BCUT2D eigenvalue weighted by atomic mass is 19.1. The van der Waals surface area contributed by atoms with Crippen molar-refractivity contribution in [3.63, 3.8) is 0 Å². The fourth-order valence-electron chi connectivity index (χ4n) is 3.87. The molecule has 8 heteroatoms. The van der Waals surface area contributed by atoms with Gasteiger partial charge >= 0.3 is 6.03 Å². The molecule has 0 aliphatic carbocycles. The average Bonchev–Trinajstić information content (AvgIpc) is 3.11. The van der Waals surface area contributed by atoms with Crippen LogP contribution in [0, 0.1) is 11.6 Å². The summed E-state index contributed by atoms with van der Waals surface area (Å²) in [6.45, 7) is 4.56. The van der Waals surface area contributed by atoms with E-state index in [2.05, 4.69) is 11.9 Å². The summed E-state index contributed by atoms with van der Waals surface area (Å²) < 4.78 is 33.6. The van der Waals surface area contributed by atoms with Gasteiger partial charge in [0.25, 0.3) is 5.91 Å². The van der Waals surface area contributed by atoms with Crippen LogP contribution in [0.15, 0.2) is 49.1 Å². The molecule has 1 fully saturated rings. The lowest BCUT2D eigenvalue weighted by Crippen LogP contribution is -2.44. The van der Waals surface area contributed by atoms with Crippen LogP contribution in [0.25, 0.3) is 11.1 Å². The highest BCUT2D eigenvalue weighted by Gasteiger charge is 2.43. The number of carbonyl (C=O) groups is 2. The van der Waals surface area contributed by atoms with Gasteiger partial charge in [-0.25, -0.2) is 13.6 Å². The minimum atomic E-state index is -0.698. The molecule has 2 unspecified atom stereocenters. The Hall–Kier alpha value is -3.42. The van der Waals surface area contributed by atoms with Gasteiger partial charge in [-0.3, -0.25) is 4.79 Å². The molecular weight excluding hydrogens is 392 g/mol. The quantitative estimate of drug-likeness (QED) is 0.787. The van der Waals surface area contributed by atoms with Gasteiger partial charge in [0.15, 0.2) is 0 Å². The molecule has 0 spiro atoms. The molecular formula is C22H21F2N3O3. The van der Waals surface area contributed by atoms with Gasteiger partial charge in [0.1, 0.15) is 23.5 Å². The van der Waals surface area contributed by atoms with E-state index in [4.69, 9.17) is 4.74 Å². The van der Waals surface area contributed by atoms with Crippen LogP contribution in [0.2, 0.25) is 0 Å². The number of hydrogen-bond acceptors (Lipinski definition) is 3. The second-order valence-electron chi connectivity index (χ2n) is 7.35. The number of hydrogen-bond donors (Lipinski definition) is 1. The van der Waals surface area contributed by atoms with Crippen LogP contribution in [0.3, 0.4) is 0 Å². The Balaban J connectivity index is 1.65. The van der Waals surface area contributed by atoms with E-state index in [0.29, 0.717) is 36.5 Å². The molecule has 6 nitrogen and oxygen atoms in total. The predicted octanol–water partition coefficient (Wildman–Crippen LogP) is 3.04. The van der Waals surface area contributed by atoms with E-state index < -0.39 is 17.7 Å². The molecule has 1 N–H and O–H groups in total. The second kappa shape index (κ2) is 7.78. The van der Waals surface area contributed by atoms with E-state index in [1.54, 1.807) is 41.1 Å². The number of halogens is 2. The summed E-state index contributed by atoms with van der Waals surface area (Å²) in [5.74, 6) is -1.29. The molecule has 2 aromatic rings. The summed E-state index contributed by atoms with van der Waals surface area (Å²) in [6, 6.07) is 7.55. The van der Waals surface area contributed by atoms with Crippen LogP contribution >= 0.6 is 0 Å². The number of carbonyl (C=O) groups excluding carboxylic acids is 2. The Morgan fingerprint density at radius 3 is 2.73 bits per heavy atom. The van der Waals surface area contributed by atoms with Crippen molar-refractivity contribution in [2.45, 2.75) is 12.1 Å². The van der Waals surface area contributed by atoms with E-state index in [1.165, 1.54) is 12.1 Å². The number of ether oxygens (including phenoxy) is 1. The summed E-state index contributed by atoms with van der Waals surface area (Å²) in [4.78, 5) is 28.5. The molecule has 2 heterocycles. The first-order valence-electron chi connectivity index (χ1n) is 9.56. The van der Waals surface area contributed by atoms with Gasteiger partial charge < -0.3 is 19.9 Å². The van der Waals surface area contributed by atoms with Crippen LogP contribution in [0.1, 0.15) is 10.4 Å². The number of benzene rings is 2. The first-order valence-corrected chi connectivity index (χ1v) is 9.56. The molecule has 2 aliphatic heterocycles. The molecule has 3 amide bonds. The van der Waals surface area contributed by atoms with E-state index in [1.807, 2.05) is 0 Å². The number of nitrogens with one attached hydrogen (secondary N) is 1. The fraction of sp³-hybridized carbons (Fsp3) is 0.273. The zero-order valence-electron chi connectivity index (χ0n) is 16.4. The van der Waals surface area contributed by atoms with Crippen LogP contribution in [0.5, 0.6) is 5.75 Å². The van der Waals surface area contributed by atoms with E-state index in [-0.39, 0.29) is 23.5 Å². The van der Waals surface area contributed by atoms with Crippen LogP contribution in [-0.2, 0) is 0 Å². The second-order valence-corrected chi connectivity index (χ2v) is 7.35. The number of likely N-dealkylation sites (tertiary alicyclic amines) is 1. The third kappa shape index (κ3) is 3.49. The smallest absolute Gasteiger partial charge is 0.317 e. The van der Waals surface area contributed by atoms with E-state index in [0.717, 1.165) is 6.07 Å². The summed E-state index contributed by atoms with van der Waals surface area (Å²) in [5.41, 5.74) is 1.04. The lowest BCUT2D eigenvalue weighted by atomic mass is 10.0. The Labute approximate surface area is 172 Å². The van der Waals surface area contributed by atoms with E-state index in [9.17, 15) is 18.4 Å². The van der Waals surface area contributed by atoms with Crippen molar-refractivity contribution < 1.29 is 23.1 Å². The van der Waals surface area contributed by atoms with Crippen molar-refractivity contribution in [2.24, 2.45) is 0 Å². The van der Waals surface area contributed by atoms with Gasteiger partial charge in [-0.05, 0) is 29.8 Å². The van der Waals surface area contributed by atoms with Crippen molar-refractivity contribution in [1.29, 1.82) is 0 Å². The fourth-order valence-corrected chi connectivity index (χ4v) is 3.87. The van der Waals surface area contributed by atoms with Crippen molar-refractivity contribution in [3.05, 3.63) is 66.3 Å². The molecule has 2 aliphatic rings. The normalized spacial score (nSPS) is 20.2. The Morgan fingerprint density at radius 2 is 2.00 bits per heavy atom. The van der Waals surface area contributed by atoms with Crippen LogP contribution < -0.4 is 10.1 Å². The van der Waals surface area contributed by atoms with E-state index >= 15 is 0 Å². The standard InChI is InChI=1S/C22H21F2N3O3/c1-3-8-25-22(29)27-11-18-20(12-27)30-19-9-13(4-6-16(19)21(28)26(18)2)15-7-5-14(23)10-17(15)24/h3-7,9-10,18,20H,1,8,11-12H2,2H3,(H,25,29). The first-order chi connectivity index (χ1) is 14.4. The van der Waals surface area contributed by atoms with Crippen LogP contribution in [0.4, 0.5) is 13.6 Å². The third-order valence-corrected chi connectivity index (χ3v) is 5.47. The number of nitrogens with zero attached hydrogens (tertiary/aromatic N) is 2. The average molecular weight is 413 g/mol. The van der Waals surface area contributed by atoms with Gasteiger partial charge in [-0.1, -0.05) is 12.1 Å². The molecule has 0 aromatic heterocycles. The molecule has 2 atom stereocenters. The Kier molecular flexibility index (Phi) is 5.15. The summed E-state index contributed by atoms with van der Waals surface area (Å²) >= 11 is 0. The van der Waals surface area contributed by atoms with Gasteiger partial charge in [0.05, 0.1) is 18.2 Å². The lowest BCUT2D eigenvalue weighted by molar-refractivity contribution is 0.0682. The monoisotopic (exact) mass is 413 g/mol. The van der Waals surface area contributed by atoms with Crippen molar-refractivity contribution >= 4 is 11.9 Å². The summed E-state index contributed by atoms with van der Waals surface area (Å²) in [5, 5.41) is 2.72. The molecule has 1 saturated heterocycles. The molecule has 0 saturated carbocycles. The summed E-state index contributed by atoms with van der Waals surface area (Å²) in [7, 11) is 1.68. The topological polar surface area (TPSA) is 61.9 Å². The minimum absolute atomic E-state index is 0.209. The van der Waals surface area contributed by atoms with Crippen molar-refractivity contribution in [2.75, 3.05) is 26.7 Å². The number of likely N-dealkylation sites (N-methyl/N-ethyl adjacent to an activating group) is 1. The molecule has 4 rings (SSSR count). The van der Waals surface area contributed by atoms with Gasteiger partial charge in [-0.2, -0.15) is 0 Å². The minimum Gasteiger partial charge on any atom is -0.485 e. The number of fused-ring (bicyclic) bond motifs is 2. The zero-order chi connectivity index (χ0) is 21.4. The highest BCUT2D eigenvalue weighted by Crippen LogP contribution is 2.35. The van der Waals surface area contributed by atoms with Gasteiger partial charge in [0.2, 0.25) is 0 Å².